The molecule has 0 amide bonds. The Balaban J connectivity index is 2.75. The van der Waals surface area contributed by atoms with E-state index in [1.54, 1.807) is 10.8 Å². The molecule has 0 atom stereocenters. The monoisotopic (exact) mass is 232 g/mol. The van der Waals surface area contributed by atoms with Crippen molar-refractivity contribution in [1.82, 2.24) is 9.55 Å². The van der Waals surface area contributed by atoms with E-state index in [2.05, 4.69) is 25.7 Å². The average Bonchev–Trinajstić information content (AvgIpc) is 2.30. The van der Waals surface area contributed by atoms with E-state index in [1.165, 1.54) is 7.11 Å². The van der Waals surface area contributed by atoms with E-state index in [0.717, 1.165) is 10.4 Å². The van der Waals surface area contributed by atoms with Crippen LogP contribution in [0.5, 0.6) is 0 Å². The van der Waals surface area contributed by atoms with Crippen LogP contribution in [-0.2, 0) is 16.1 Å². The van der Waals surface area contributed by atoms with E-state index < -0.39 is 0 Å². The Labute approximate surface area is 78.7 Å². The number of carbonyl (C=O) groups is 1. The molecule has 0 aliphatic rings. The Morgan fingerprint density at radius 1 is 1.83 bits per heavy atom. The fraction of sp³-hybridized carbons (Fsp3) is 0.429. The minimum Gasteiger partial charge on any atom is -0.468 e. The lowest BCUT2D eigenvalue weighted by molar-refractivity contribution is -0.141. The number of nitrogens with zero attached hydrogens (tertiary/aromatic N) is 2. The summed E-state index contributed by atoms with van der Waals surface area (Å²) in [5, 5.41) is 0. The highest BCUT2D eigenvalue weighted by Crippen LogP contribution is 2.08. The Hall–Kier alpha value is -0.840. The average molecular weight is 233 g/mol. The molecule has 12 heavy (non-hydrogen) atoms. The highest BCUT2D eigenvalue weighted by molar-refractivity contribution is 9.10. The van der Waals surface area contributed by atoms with E-state index >= 15 is 0 Å². The highest BCUT2D eigenvalue weighted by Gasteiger charge is 2.05. The Morgan fingerprint density at radius 3 is 2.92 bits per heavy atom. The summed E-state index contributed by atoms with van der Waals surface area (Å²) in [7, 11) is 1.36. The van der Waals surface area contributed by atoms with Gasteiger partial charge >= 0.3 is 5.97 Å². The summed E-state index contributed by atoms with van der Waals surface area (Å²) in [5.74, 6) is 0.510. The second kappa shape index (κ2) is 3.71. The number of rotatable bonds is 2. The summed E-state index contributed by atoms with van der Waals surface area (Å²) in [4.78, 5) is 14.9. The highest BCUT2D eigenvalue weighted by atomic mass is 79.9. The maximum atomic E-state index is 10.9. The van der Waals surface area contributed by atoms with Gasteiger partial charge in [-0.25, -0.2) is 4.98 Å². The first kappa shape index (κ1) is 9.25. The molecule has 0 saturated carbocycles. The van der Waals surface area contributed by atoms with E-state index in [4.69, 9.17) is 0 Å². The molecule has 0 bridgehead atoms. The van der Waals surface area contributed by atoms with Gasteiger partial charge in [-0.15, -0.1) is 0 Å². The Bertz CT molecular complexity index is 296. The number of hydrogen-bond donors (Lipinski definition) is 0. The van der Waals surface area contributed by atoms with Gasteiger partial charge in [0, 0.05) is 6.20 Å². The van der Waals surface area contributed by atoms with Gasteiger partial charge in [0.25, 0.3) is 0 Å². The van der Waals surface area contributed by atoms with Crippen molar-refractivity contribution in [3.63, 3.8) is 0 Å². The van der Waals surface area contributed by atoms with Crippen LogP contribution in [-0.4, -0.2) is 22.6 Å². The fourth-order valence-corrected chi connectivity index (χ4v) is 1.34. The van der Waals surface area contributed by atoms with Crippen LogP contribution in [0.1, 0.15) is 5.82 Å². The lowest BCUT2D eigenvalue weighted by Gasteiger charge is -2.01. The molecule has 0 N–H and O–H groups in total. The van der Waals surface area contributed by atoms with Gasteiger partial charge < -0.3 is 9.30 Å². The zero-order valence-electron chi connectivity index (χ0n) is 6.87. The Kier molecular flexibility index (Phi) is 2.86. The first-order chi connectivity index (χ1) is 5.63. The number of aryl methyl sites for hydroxylation is 1. The molecule has 0 aliphatic carbocycles. The number of ether oxygens (including phenoxy) is 1. The molecule has 0 fully saturated rings. The van der Waals surface area contributed by atoms with Crippen LogP contribution in [0.25, 0.3) is 0 Å². The summed E-state index contributed by atoms with van der Waals surface area (Å²) >= 11 is 3.21. The zero-order chi connectivity index (χ0) is 9.14. The summed E-state index contributed by atoms with van der Waals surface area (Å²) in [6, 6.07) is 0. The molecular formula is C7H9BrN2O2. The second-order valence-corrected chi connectivity index (χ2v) is 3.13. The molecule has 66 valence electrons. The topological polar surface area (TPSA) is 44.1 Å². The molecule has 0 saturated heterocycles. The maximum absolute atomic E-state index is 10.9. The van der Waals surface area contributed by atoms with E-state index in [-0.39, 0.29) is 12.5 Å². The first-order valence-electron chi connectivity index (χ1n) is 3.39. The molecule has 1 aromatic heterocycles. The lowest BCUT2D eigenvalue weighted by atomic mass is 10.6. The zero-order valence-corrected chi connectivity index (χ0v) is 8.46. The number of esters is 1. The number of hydrogen-bond acceptors (Lipinski definition) is 3. The molecule has 1 aromatic rings. The summed E-state index contributed by atoms with van der Waals surface area (Å²) in [5.41, 5.74) is 0. The molecule has 0 radical (unpaired) electrons. The second-order valence-electron chi connectivity index (χ2n) is 2.31. The van der Waals surface area contributed by atoms with Crippen LogP contribution in [0, 0.1) is 6.92 Å². The molecule has 0 aliphatic heterocycles. The molecule has 1 heterocycles. The number of aromatic nitrogens is 2. The Morgan fingerprint density at radius 2 is 2.50 bits per heavy atom. The molecule has 4 nitrogen and oxygen atoms in total. The molecule has 5 heteroatoms. The van der Waals surface area contributed by atoms with Crippen molar-refractivity contribution in [3.8, 4) is 0 Å². The van der Waals surface area contributed by atoms with Gasteiger partial charge in [-0.1, -0.05) is 0 Å². The van der Waals surface area contributed by atoms with E-state index in [0.29, 0.717) is 0 Å². The van der Waals surface area contributed by atoms with Crippen LogP contribution < -0.4 is 0 Å². The first-order valence-corrected chi connectivity index (χ1v) is 4.19. The summed E-state index contributed by atoms with van der Waals surface area (Å²) < 4.78 is 6.96. The quantitative estimate of drug-likeness (QED) is 0.719. The molecule has 0 unspecified atom stereocenters. The van der Waals surface area contributed by atoms with Crippen molar-refractivity contribution in [2.75, 3.05) is 7.11 Å². The molecular weight excluding hydrogens is 224 g/mol. The smallest absolute Gasteiger partial charge is 0.325 e. The largest absolute Gasteiger partial charge is 0.468 e. The fourth-order valence-electron chi connectivity index (χ4n) is 0.833. The number of carbonyl (C=O) groups excluding carboxylic acids is 1. The minimum absolute atomic E-state index is 0.209. The lowest BCUT2D eigenvalue weighted by Crippen LogP contribution is -2.11. The van der Waals surface area contributed by atoms with Gasteiger partial charge in [-0.2, -0.15) is 0 Å². The van der Waals surface area contributed by atoms with Crippen molar-refractivity contribution in [2.45, 2.75) is 13.5 Å². The van der Waals surface area contributed by atoms with Gasteiger partial charge in [-0.3, -0.25) is 4.79 Å². The van der Waals surface area contributed by atoms with Crippen molar-refractivity contribution < 1.29 is 9.53 Å². The van der Waals surface area contributed by atoms with Gasteiger partial charge in [0.1, 0.15) is 17.0 Å². The summed E-state index contributed by atoms with van der Waals surface area (Å²) in [6.07, 6.45) is 1.74. The predicted molar refractivity (Wildman–Crippen MR) is 46.7 cm³/mol. The normalized spacial score (nSPS) is 9.92. The summed E-state index contributed by atoms with van der Waals surface area (Å²) in [6.45, 7) is 2.04. The van der Waals surface area contributed by atoms with Gasteiger partial charge in [0.2, 0.25) is 0 Å². The predicted octanol–water partition coefficient (Wildman–Crippen LogP) is 1.13. The molecule has 0 spiro atoms. The maximum Gasteiger partial charge on any atom is 0.325 e. The van der Waals surface area contributed by atoms with Crippen LogP contribution in [0.2, 0.25) is 0 Å². The minimum atomic E-state index is -0.275. The van der Waals surface area contributed by atoms with Crippen LogP contribution in [0.3, 0.4) is 0 Å². The number of methoxy groups -OCH3 is 1. The van der Waals surface area contributed by atoms with Crippen molar-refractivity contribution in [1.29, 1.82) is 0 Å². The third-order valence-electron chi connectivity index (χ3n) is 1.47. The molecule has 0 aromatic carbocycles. The van der Waals surface area contributed by atoms with E-state index in [9.17, 15) is 4.79 Å². The SMILES string of the molecule is COC(=O)Cn1cc(Br)nc1C. The number of imidazole rings is 1. The van der Waals surface area contributed by atoms with Crippen LogP contribution in [0.4, 0.5) is 0 Å². The third kappa shape index (κ3) is 2.07. The van der Waals surface area contributed by atoms with Crippen LogP contribution in [0.15, 0.2) is 10.8 Å². The third-order valence-corrected chi connectivity index (χ3v) is 1.86. The van der Waals surface area contributed by atoms with Crippen molar-refractivity contribution >= 4 is 21.9 Å². The number of halogens is 1. The standard InChI is InChI=1S/C7H9BrN2O2/c1-5-9-6(8)3-10(5)4-7(11)12-2/h3H,4H2,1-2H3. The van der Waals surface area contributed by atoms with Gasteiger partial charge in [0.05, 0.1) is 7.11 Å². The van der Waals surface area contributed by atoms with E-state index in [1.807, 2.05) is 6.92 Å². The van der Waals surface area contributed by atoms with Crippen LogP contribution >= 0.6 is 15.9 Å². The molecule has 1 rings (SSSR count). The van der Waals surface area contributed by atoms with Gasteiger partial charge in [-0.05, 0) is 22.9 Å². The van der Waals surface area contributed by atoms with Crippen molar-refractivity contribution in [2.24, 2.45) is 0 Å². The van der Waals surface area contributed by atoms with Crippen molar-refractivity contribution in [3.05, 3.63) is 16.6 Å². The van der Waals surface area contributed by atoms with Gasteiger partial charge in [0.15, 0.2) is 0 Å².